The maximum Gasteiger partial charge on any atom is 0.350 e. The summed E-state index contributed by atoms with van der Waals surface area (Å²) in [7, 11) is 0. The van der Waals surface area contributed by atoms with Crippen molar-refractivity contribution in [2.24, 2.45) is 0 Å². The molecule has 1 aromatic carbocycles. The smallest absolute Gasteiger partial charge is 0.350 e. The van der Waals surface area contributed by atoms with Crippen molar-refractivity contribution >= 4 is 23.5 Å². The lowest BCUT2D eigenvalue weighted by Crippen LogP contribution is -2.39. The van der Waals surface area contributed by atoms with Crippen LogP contribution in [0.3, 0.4) is 0 Å². The normalized spacial score (nSPS) is 11.0. The predicted molar refractivity (Wildman–Crippen MR) is 103 cm³/mol. The summed E-state index contributed by atoms with van der Waals surface area (Å²) in [5, 5.41) is 0.0283. The average Bonchev–Trinajstić information content (AvgIpc) is 2.59. The Morgan fingerprint density at radius 1 is 1.29 bits per heavy atom. The van der Waals surface area contributed by atoms with E-state index in [4.69, 9.17) is 21.1 Å². The van der Waals surface area contributed by atoms with Gasteiger partial charge in [0.25, 0.3) is 5.56 Å². The monoisotopic (exact) mass is 406 g/mol. The number of aromatic nitrogens is 2. The van der Waals surface area contributed by atoms with Crippen molar-refractivity contribution in [2.45, 2.75) is 26.4 Å². The van der Waals surface area contributed by atoms with Crippen LogP contribution in [0.25, 0.3) is 5.69 Å². The maximum absolute atomic E-state index is 12.6. The van der Waals surface area contributed by atoms with E-state index in [2.05, 4.69) is 11.6 Å². The highest BCUT2D eigenvalue weighted by Crippen LogP contribution is 2.23. The van der Waals surface area contributed by atoms with Crippen molar-refractivity contribution < 1.29 is 19.1 Å². The minimum atomic E-state index is -1.59. The summed E-state index contributed by atoms with van der Waals surface area (Å²) in [6.07, 6.45) is 1.38. The highest BCUT2D eigenvalue weighted by atomic mass is 35.5. The number of rotatable bonds is 6. The number of carbonyl (C=O) groups is 2. The first-order valence-corrected chi connectivity index (χ1v) is 8.59. The molecular formula is C19H19ClN2O6. The molecule has 0 bridgehead atoms. The first-order valence-electron chi connectivity index (χ1n) is 8.21. The molecule has 9 heteroatoms. The van der Waals surface area contributed by atoms with Crippen molar-refractivity contribution in [2.75, 3.05) is 6.61 Å². The Hall–Kier alpha value is -3.13. The van der Waals surface area contributed by atoms with Crippen LogP contribution in [0.2, 0.25) is 5.02 Å². The summed E-state index contributed by atoms with van der Waals surface area (Å²) in [5.41, 5.74) is -2.42. The Balaban J connectivity index is 2.40. The van der Waals surface area contributed by atoms with Crippen LogP contribution in [0.5, 0.6) is 0 Å². The summed E-state index contributed by atoms with van der Waals surface area (Å²) in [4.78, 5) is 51.4. The second-order valence-electron chi connectivity index (χ2n) is 6.38. The molecule has 8 nitrogen and oxygen atoms in total. The van der Waals surface area contributed by atoms with Crippen molar-refractivity contribution in [3.8, 4) is 5.69 Å². The van der Waals surface area contributed by atoms with Gasteiger partial charge in [0.15, 0.2) is 0 Å². The van der Waals surface area contributed by atoms with Gasteiger partial charge in [-0.1, -0.05) is 24.3 Å². The van der Waals surface area contributed by atoms with Gasteiger partial charge in [-0.15, -0.1) is 0 Å². The van der Waals surface area contributed by atoms with Crippen LogP contribution in [-0.2, 0) is 14.3 Å². The molecule has 0 radical (unpaired) electrons. The quantitative estimate of drug-likeness (QED) is 0.581. The predicted octanol–water partition coefficient (Wildman–Crippen LogP) is 2.15. The molecule has 1 aromatic heterocycles. The zero-order chi connectivity index (χ0) is 21.1. The minimum absolute atomic E-state index is 0.0283. The fourth-order valence-corrected chi connectivity index (χ4v) is 2.50. The summed E-state index contributed by atoms with van der Waals surface area (Å²) in [6, 6.07) is 5.24. The molecule has 1 N–H and O–H groups in total. The number of hydrogen-bond acceptors (Lipinski definition) is 6. The molecule has 2 rings (SSSR count). The number of benzene rings is 1. The number of ether oxygens (including phenoxy) is 2. The van der Waals surface area contributed by atoms with Crippen LogP contribution in [0.15, 0.2) is 46.5 Å². The van der Waals surface area contributed by atoms with Gasteiger partial charge in [0.05, 0.1) is 16.3 Å². The Kier molecular flexibility index (Phi) is 6.25. The molecule has 0 aliphatic carbocycles. The highest BCUT2D eigenvalue weighted by Gasteiger charge is 2.34. The lowest BCUT2D eigenvalue weighted by Gasteiger charge is -2.23. The number of carbonyl (C=O) groups excluding carboxylic acids is 2. The minimum Gasteiger partial charge on any atom is -0.459 e. The number of halogens is 1. The van der Waals surface area contributed by atoms with Crippen LogP contribution in [0.1, 0.15) is 29.9 Å². The maximum atomic E-state index is 12.6. The van der Waals surface area contributed by atoms with Gasteiger partial charge in [-0.2, -0.15) is 0 Å². The molecule has 28 heavy (non-hydrogen) atoms. The number of nitrogens with zero attached hydrogens (tertiary/aromatic N) is 1. The number of H-pyrrole nitrogens is 1. The Morgan fingerprint density at radius 2 is 1.96 bits per heavy atom. The summed E-state index contributed by atoms with van der Waals surface area (Å²) in [6.45, 7) is 7.71. The number of hydrogen-bond donors (Lipinski definition) is 1. The van der Waals surface area contributed by atoms with Crippen molar-refractivity contribution in [1.82, 2.24) is 9.55 Å². The van der Waals surface area contributed by atoms with Crippen LogP contribution >= 0.6 is 11.6 Å². The fraction of sp³-hybridized carbons (Fsp3) is 0.263. The van der Waals surface area contributed by atoms with Crippen LogP contribution in [-0.4, -0.2) is 33.7 Å². The Labute approximate surface area is 165 Å². The van der Waals surface area contributed by atoms with Gasteiger partial charge < -0.3 is 14.5 Å². The molecule has 0 spiro atoms. The first kappa shape index (κ1) is 21.2. The van der Waals surface area contributed by atoms with E-state index < -0.39 is 28.8 Å². The lowest BCUT2D eigenvalue weighted by atomic mass is 10.1. The SMILES string of the molecule is C=CCOC(=O)C(C)(C)OC(=O)c1cc(-n2c(=O)cc(C)[nH]c2=O)ccc1Cl. The molecule has 1 heterocycles. The second-order valence-corrected chi connectivity index (χ2v) is 6.79. The van der Waals surface area contributed by atoms with Crippen LogP contribution in [0, 0.1) is 6.92 Å². The Morgan fingerprint density at radius 3 is 2.57 bits per heavy atom. The molecule has 0 aliphatic rings. The molecule has 148 valence electrons. The van der Waals surface area contributed by atoms with E-state index in [1.54, 1.807) is 6.92 Å². The van der Waals surface area contributed by atoms with Gasteiger partial charge >= 0.3 is 17.6 Å². The average molecular weight is 407 g/mol. The molecule has 0 atom stereocenters. The van der Waals surface area contributed by atoms with E-state index in [9.17, 15) is 19.2 Å². The molecular weight excluding hydrogens is 388 g/mol. The fourth-order valence-electron chi connectivity index (χ4n) is 2.30. The third-order valence-corrected chi connectivity index (χ3v) is 4.00. The van der Waals surface area contributed by atoms with Crippen molar-refractivity contribution in [3.63, 3.8) is 0 Å². The summed E-state index contributed by atoms with van der Waals surface area (Å²) >= 11 is 6.07. The van der Waals surface area contributed by atoms with Crippen molar-refractivity contribution in [3.05, 3.63) is 74.0 Å². The lowest BCUT2D eigenvalue weighted by molar-refractivity contribution is -0.161. The number of esters is 2. The van der Waals surface area contributed by atoms with Gasteiger partial charge in [-0.05, 0) is 39.0 Å². The van der Waals surface area contributed by atoms with E-state index in [1.807, 2.05) is 0 Å². The number of nitrogens with one attached hydrogen (secondary N) is 1. The van der Waals surface area contributed by atoms with Gasteiger partial charge in [-0.25, -0.2) is 19.0 Å². The highest BCUT2D eigenvalue weighted by molar-refractivity contribution is 6.33. The number of aromatic amines is 1. The van der Waals surface area contributed by atoms with Gasteiger partial charge in [0, 0.05) is 11.8 Å². The molecule has 0 saturated heterocycles. The third-order valence-electron chi connectivity index (χ3n) is 3.67. The zero-order valence-electron chi connectivity index (χ0n) is 15.6. The molecule has 2 aromatic rings. The summed E-state index contributed by atoms with van der Waals surface area (Å²) < 4.78 is 11.0. The van der Waals surface area contributed by atoms with Crippen molar-refractivity contribution in [1.29, 1.82) is 0 Å². The molecule has 0 saturated carbocycles. The van der Waals surface area contributed by atoms with Gasteiger partial charge in [0.2, 0.25) is 5.60 Å². The standard InChI is InChI=1S/C19H19ClN2O6/c1-5-8-27-17(25)19(3,4)28-16(24)13-10-12(6-7-14(13)20)22-15(23)9-11(2)21-18(22)26/h5-7,9-10H,1,8H2,2-4H3,(H,21,26). The number of aryl methyl sites for hydroxylation is 1. The van der Waals surface area contributed by atoms with E-state index in [0.717, 1.165) is 4.57 Å². The Bertz CT molecular complexity index is 1020. The van der Waals surface area contributed by atoms with Crippen LogP contribution in [0.4, 0.5) is 0 Å². The summed E-state index contributed by atoms with van der Waals surface area (Å²) in [5.74, 6) is -1.68. The molecule has 0 fully saturated rings. The van der Waals surface area contributed by atoms with E-state index >= 15 is 0 Å². The molecule has 0 unspecified atom stereocenters. The van der Waals surface area contributed by atoms with E-state index in [0.29, 0.717) is 5.69 Å². The van der Waals surface area contributed by atoms with Gasteiger partial charge in [-0.3, -0.25) is 4.79 Å². The third kappa shape index (κ3) is 4.58. The second kappa shape index (κ2) is 8.26. The molecule has 0 aliphatic heterocycles. The topological polar surface area (TPSA) is 107 Å². The van der Waals surface area contributed by atoms with E-state index in [1.165, 1.54) is 44.2 Å². The van der Waals surface area contributed by atoms with Crippen LogP contribution < -0.4 is 11.2 Å². The van der Waals surface area contributed by atoms with Gasteiger partial charge in [0.1, 0.15) is 6.61 Å². The first-order chi connectivity index (χ1) is 13.1. The zero-order valence-corrected chi connectivity index (χ0v) is 16.3. The van der Waals surface area contributed by atoms with E-state index in [-0.39, 0.29) is 22.9 Å². The molecule has 0 amide bonds. The largest absolute Gasteiger partial charge is 0.459 e.